The molecule has 0 spiro atoms. The second-order valence-corrected chi connectivity index (χ2v) is 7.15. The molecule has 2 rings (SSSR count). The maximum atomic E-state index is 12.6. The van der Waals surface area contributed by atoms with Crippen LogP contribution in [0.3, 0.4) is 0 Å². The number of morpholine rings is 1. The van der Waals surface area contributed by atoms with Crippen molar-refractivity contribution in [3.63, 3.8) is 0 Å². The van der Waals surface area contributed by atoms with E-state index in [9.17, 15) is 8.42 Å². The van der Waals surface area contributed by atoms with Gasteiger partial charge in [-0.05, 0) is 32.9 Å². The second kappa shape index (κ2) is 4.64. The predicted octanol–water partition coefficient (Wildman–Crippen LogP) is 1.87. The number of ether oxygens (including phenoxy) is 1. The summed E-state index contributed by atoms with van der Waals surface area (Å²) in [5.41, 5.74) is -0.513. The van der Waals surface area contributed by atoms with Crippen LogP contribution in [-0.2, 0) is 14.8 Å². The first-order valence-electron chi connectivity index (χ1n) is 6.03. The highest BCUT2D eigenvalue weighted by Gasteiger charge is 2.41. The monoisotopic (exact) mass is 269 g/mol. The fourth-order valence-corrected chi connectivity index (χ4v) is 3.96. The third kappa shape index (κ3) is 2.43. The van der Waals surface area contributed by atoms with Crippen LogP contribution < -0.4 is 0 Å². The maximum absolute atomic E-state index is 12.6. The minimum Gasteiger partial charge on any atom is -0.375 e. The molecular weight excluding hydrogens is 250 g/mol. The summed E-state index contributed by atoms with van der Waals surface area (Å²) in [6.45, 7) is 6.48. The molecule has 1 heterocycles. The molecule has 1 saturated heterocycles. The van der Waals surface area contributed by atoms with E-state index in [0.717, 1.165) is 0 Å². The first-order chi connectivity index (χ1) is 8.34. The molecule has 4 nitrogen and oxygen atoms in total. The van der Waals surface area contributed by atoms with Crippen molar-refractivity contribution in [2.45, 2.75) is 37.3 Å². The summed E-state index contributed by atoms with van der Waals surface area (Å²) in [5.74, 6) is 0. The Labute approximate surface area is 109 Å². The smallest absolute Gasteiger partial charge is 0.243 e. The van der Waals surface area contributed by atoms with E-state index in [4.69, 9.17) is 4.74 Å². The number of nitrogens with zero attached hydrogens (tertiary/aromatic N) is 1. The summed E-state index contributed by atoms with van der Waals surface area (Å²) in [7, 11) is -3.45. The summed E-state index contributed by atoms with van der Waals surface area (Å²) in [5, 5.41) is 0. The lowest BCUT2D eigenvalue weighted by Gasteiger charge is -2.43. The number of benzene rings is 1. The zero-order valence-electron chi connectivity index (χ0n) is 11.0. The fourth-order valence-electron chi connectivity index (χ4n) is 2.09. The summed E-state index contributed by atoms with van der Waals surface area (Å²) >= 11 is 0. The summed E-state index contributed by atoms with van der Waals surface area (Å²) < 4.78 is 32.3. The van der Waals surface area contributed by atoms with Gasteiger partial charge in [-0.1, -0.05) is 18.2 Å². The van der Waals surface area contributed by atoms with Crippen LogP contribution in [0.25, 0.3) is 0 Å². The van der Waals surface area contributed by atoms with Crippen molar-refractivity contribution in [3.8, 4) is 0 Å². The normalized spacial score (nSPS) is 24.9. The first-order valence-corrected chi connectivity index (χ1v) is 7.47. The Morgan fingerprint density at radius 3 is 2.50 bits per heavy atom. The van der Waals surface area contributed by atoms with E-state index in [1.54, 1.807) is 28.6 Å². The van der Waals surface area contributed by atoms with E-state index in [0.29, 0.717) is 18.0 Å². The molecule has 1 aliphatic heterocycles. The molecule has 0 saturated carbocycles. The van der Waals surface area contributed by atoms with Crippen LogP contribution in [0.15, 0.2) is 35.2 Å². The zero-order chi connectivity index (χ0) is 13.4. The second-order valence-electron chi connectivity index (χ2n) is 5.28. The van der Waals surface area contributed by atoms with Crippen LogP contribution >= 0.6 is 0 Å². The van der Waals surface area contributed by atoms with Crippen LogP contribution in [0.4, 0.5) is 0 Å². The molecule has 5 heteroatoms. The molecule has 0 aliphatic carbocycles. The molecular formula is C13H19NO3S. The minimum absolute atomic E-state index is 0.0727. The van der Waals surface area contributed by atoms with E-state index in [1.165, 1.54) is 0 Å². The van der Waals surface area contributed by atoms with Gasteiger partial charge in [0.2, 0.25) is 10.0 Å². The van der Waals surface area contributed by atoms with Crippen LogP contribution in [0, 0.1) is 0 Å². The minimum atomic E-state index is -3.45. The van der Waals surface area contributed by atoms with Crippen LogP contribution in [-0.4, -0.2) is 37.5 Å². The van der Waals surface area contributed by atoms with Crippen molar-refractivity contribution in [1.82, 2.24) is 4.31 Å². The van der Waals surface area contributed by atoms with Gasteiger partial charge < -0.3 is 4.74 Å². The number of hydrogen-bond donors (Lipinski definition) is 0. The van der Waals surface area contributed by atoms with Gasteiger partial charge in [0.1, 0.15) is 0 Å². The van der Waals surface area contributed by atoms with Gasteiger partial charge in [-0.15, -0.1) is 0 Å². The Morgan fingerprint density at radius 2 is 1.89 bits per heavy atom. The molecule has 0 radical (unpaired) electrons. The molecule has 1 atom stereocenters. The molecule has 1 aromatic rings. The maximum Gasteiger partial charge on any atom is 0.243 e. The lowest BCUT2D eigenvalue weighted by atomic mass is 10.1. The summed E-state index contributed by atoms with van der Waals surface area (Å²) in [4.78, 5) is 0.340. The Kier molecular flexibility index (Phi) is 3.49. The van der Waals surface area contributed by atoms with Crippen LogP contribution in [0.1, 0.15) is 20.8 Å². The lowest BCUT2D eigenvalue weighted by molar-refractivity contribution is -0.0551. The molecule has 0 bridgehead atoms. The first kappa shape index (κ1) is 13.5. The quantitative estimate of drug-likeness (QED) is 0.823. The van der Waals surface area contributed by atoms with Gasteiger partial charge in [0, 0.05) is 6.54 Å². The van der Waals surface area contributed by atoms with Crippen molar-refractivity contribution in [3.05, 3.63) is 30.3 Å². The van der Waals surface area contributed by atoms with Gasteiger partial charge in [-0.25, -0.2) is 8.42 Å². The summed E-state index contributed by atoms with van der Waals surface area (Å²) in [6, 6.07) is 8.55. The topological polar surface area (TPSA) is 46.6 Å². The van der Waals surface area contributed by atoms with Crippen LogP contribution in [0.2, 0.25) is 0 Å². The molecule has 18 heavy (non-hydrogen) atoms. The average Bonchev–Trinajstić information content (AvgIpc) is 2.33. The molecule has 1 unspecified atom stereocenters. The van der Waals surface area contributed by atoms with E-state index < -0.39 is 15.6 Å². The van der Waals surface area contributed by atoms with Gasteiger partial charge in [-0.2, -0.15) is 4.31 Å². The molecule has 100 valence electrons. The Hall–Kier alpha value is -0.910. The molecule has 0 amide bonds. The van der Waals surface area contributed by atoms with E-state index in [2.05, 4.69) is 0 Å². The largest absolute Gasteiger partial charge is 0.375 e. The van der Waals surface area contributed by atoms with E-state index >= 15 is 0 Å². The molecule has 0 aromatic heterocycles. The zero-order valence-corrected chi connectivity index (χ0v) is 11.8. The molecule has 1 fully saturated rings. The SMILES string of the molecule is CC1CN(S(=O)(=O)c2ccccc2)C(C)(C)CO1. The third-order valence-electron chi connectivity index (χ3n) is 3.15. The Morgan fingerprint density at radius 1 is 1.28 bits per heavy atom. The van der Waals surface area contributed by atoms with Gasteiger partial charge in [0.05, 0.1) is 23.1 Å². The van der Waals surface area contributed by atoms with Crippen molar-refractivity contribution in [2.75, 3.05) is 13.2 Å². The fraction of sp³-hybridized carbons (Fsp3) is 0.538. The van der Waals surface area contributed by atoms with Crippen molar-refractivity contribution < 1.29 is 13.2 Å². The standard InChI is InChI=1S/C13H19NO3S/c1-11-9-14(13(2,3)10-17-11)18(15,16)12-7-5-4-6-8-12/h4-8,11H,9-10H2,1-3H3. The highest BCUT2D eigenvalue weighted by atomic mass is 32.2. The number of rotatable bonds is 2. The Balaban J connectivity index is 2.40. The molecule has 0 N–H and O–H groups in total. The molecule has 1 aromatic carbocycles. The van der Waals surface area contributed by atoms with Gasteiger partial charge in [0.15, 0.2) is 0 Å². The van der Waals surface area contributed by atoms with Gasteiger partial charge in [0.25, 0.3) is 0 Å². The lowest BCUT2D eigenvalue weighted by Crippen LogP contribution is -2.57. The number of hydrogen-bond acceptors (Lipinski definition) is 3. The van der Waals surface area contributed by atoms with Crippen LogP contribution in [0.5, 0.6) is 0 Å². The van der Waals surface area contributed by atoms with E-state index in [-0.39, 0.29) is 6.10 Å². The van der Waals surface area contributed by atoms with Crippen molar-refractivity contribution in [2.24, 2.45) is 0 Å². The Bertz CT molecular complexity index is 510. The summed E-state index contributed by atoms with van der Waals surface area (Å²) in [6.07, 6.45) is -0.0727. The highest BCUT2D eigenvalue weighted by molar-refractivity contribution is 7.89. The third-order valence-corrected chi connectivity index (χ3v) is 5.24. The number of sulfonamides is 1. The van der Waals surface area contributed by atoms with Crippen molar-refractivity contribution >= 4 is 10.0 Å². The van der Waals surface area contributed by atoms with Crippen molar-refractivity contribution in [1.29, 1.82) is 0 Å². The van der Waals surface area contributed by atoms with Gasteiger partial charge >= 0.3 is 0 Å². The highest BCUT2D eigenvalue weighted by Crippen LogP contribution is 2.28. The van der Waals surface area contributed by atoms with E-state index in [1.807, 2.05) is 26.8 Å². The van der Waals surface area contributed by atoms with Gasteiger partial charge in [-0.3, -0.25) is 0 Å². The average molecular weight is 269 g/mol. The predicted molar refractivity (Wildman–Crippen MR) is 69.8 cm³/mol. The molecule has 1 aliphatic rings.